The van der Waals surface area contributed by atoms with Gasteiger partial charge in [0, 0.05) is 0 Å². The van der Waals surface area contributed by atoms with Gasteiger partial charge in [-0.1, -0.05) is 0 Å². The summed E-state index contributed by atoms with van der Waals surface area (Å²) in [4.78, 5) is 0.0218. The van der Waals surface area contributed by atoms with Gasteiger partial charge in [0.25, 0.3) is 0 Å². The van der Waals surface area contributed by atoms with E-state index in [4.69, 9.17) is 5.11 Å². The summed E-state index contributed by atoms with van der Waals surface area (Å²) in [6, 6.07) is 3.50. The molecule has 3 N–H and O–H groups in total. The van der Waals surface area contributed by atoms with Gasteiger partial charge in [-0.25, -0.2) is 30.4 Å². The number of sulfone groups is 2. The minimum Gasteiger partial charge on any atom is -0.377 e. The monoisotopic (exact) mass is 343 g/mol. The minimum absolute atomic E-state index is 0.0317. The van der Waals surface area contributed by atoms with Crippen LogP contribution in [0.3, 0.4) is 0 Å². The second-order valence-corrected chi connectivity index (χ2v) is 9.88. The van der Waals surface area contributed by atoms with Crippen LogP contribution in [0.25, 0.3) is 0 Å². The van der Waals surface area contributed by atoms with E-state index in [9.17, 15) is 25.3 Å². The summed E-state index contributed by atoms with van der Waals surface area (Å²) >= 11 is 0. The van der Waals surface area contributed by atoms with E-state index in [1.807, 2.05) is 0 Å². The molecule has 1 aliphatic heterocycles. The topological polar surface area (TPSA) is 149 Å². The van der Waals surface area contributed by atoms with Crippen molar-refractivity contribution in [3.05, 3.63) is 18.2 Å². The number of aliphatic hydroxyl groups excluding tert-OH is 1. The molecule has 114 valence electrons. The maximum Gasteiger partial charge on any atom is 0.209 e. The van der Waals surface area contributed by atoms with Gasteiger partial charge in [-0.2, -0.15) is 0 Å². The molecule has 0 bridgehead atoms. The molecule has 0 aromatic heterocycles. The van der Waals surface area contributed by atoms with Gasteiger partial charge in [-0.15, -0.1) is 0 Å². The van der Waals surface area contributed by atoms with Crippen molar-refractivity contribution in [1.29, 1.82) is 0 Å². The molecular weight excluding hydrogens is 330 g/mol. The van der Waals surface area contributed by atoms with Crippen LogP contribution in [0.5, 0.6) is 0 Å². The summed E-state index contributed by atoms with van der Waals surface area (Å²) in [5, 5.41) is 13.4. The largest absolute Gasteiger partial charge is 0.377 e. The van der Waals surface area contributed by atoms with Crippen molar-refractivity contribution in [2.24, 2.45) is 5.14 Å². The minimum atomic E-state index is -3.83. The first-order chi connectivity index (χ1) is 8.78. The van der Waals surface area contributed by atoms with Gasteiger partial charge >= 0.3 is 0 Å². The van der Waals surface area contributed by atoms with Crippen LogP contribution >= 0.6 is 0 Å². The number of benzene rings is 1. The number of hydrogen-bond donors (Lipinski definition) is 2. The quantitative estimate of drug-likeness (QED) is 0.654. The molecule has 0 saturated heterocycles. The maximum absolute atomic E-state index is 11.5. The third-order valence-corrected chi connectivity index (χ3v) is 5.69. The maximum atomic E-state index is 11.5. The molecule has 1 atom stereocenters. The number of rotatable bonds is 2. The molecule has 8 nitrogen and oxygen atoms in total. The Bertz CT molecular complexity index is 828. The van der Waals surface area contributed by atoms with Crippen LogP contribution in [0.1, 0.15) is 6.92 Å². The molecule has 0 fully saturated rings. The van der Waals surface area contributed by atoms with Crippen molar-refractivity contribution in [3.63, 3.8) is 0 Å². The fourth-order valence-electron chi connectivity index (χ4n) is 1.25. The van der Waals surface area contributed by atoms with E-state index < -0.39 is 35.1 Å². The second-order valence-electron chi connectivity index (χ2n) is 4.09. The predicted octanol–water partition coefficient (Wildman–Crippen LogP) is -1.15. The lowest BCUT2D eigenvalue weighted by Crippen LogP contribution is -2.16. The molecule has 11 heteroatoms. The van der Waals surface area contributed by atoms with E-state index in [-0.39, 0.29) is 14.7 Å². The smallest absolute Gasteiger partial charge is 0.209 e. The highest BCUT2D eigenvalue weighted by molar-refractivity contribution is 7.97. The molecule has 1 unspecified atom stereocenters. The molecule has 0 spiro atoms. The van der Waals surface area contributed by atoms with E-state index in [1.54, 1.807) is 0 Å². The molecule has 0 aliphatic carbocycles. The summed E-state index contributed by atoms with van der Waals surface area (Å²) in [5.74, 6) is 0. The van der Waals surface area contributed by atoms with Gasteiger partial charge < -0.3 is 5.11 Å². The third kappa shape index (κ3) is 3.76. The molecule has 1 aliphatic rings. The Morgan fingerprint density at radius 3 is 1.95 bits per heavy atom. The molecule has 0 saturated carbocycles. The number of nitrogens with two attached hydrogens (primary N) is 1. The fraction of sp³-hybridized carbons (Fsp3) is 0.333. The molecular formula is C9H13NO7S3. The fourth-order valence-corrected chi connectivity index (χ4v) is 3.57. The Morgan fingerprint density at radius 2 is 1.60 bits per heavy atom. The van der Waals surface area contributed by atoms with Crippen LogP contribution in [-0.2, 0) is 29.7 Å². The van der Waals surface area contributed by atoms with Gasteiger partial charge in [0.1, 0.15) is 0 Å². The molecule has 0 radical (unpaired) electrons. The molecule has 1 aromatic rings. The van der Waals surface area contributed by atoms with E-state index in [0.29, 0.717) is 0 Å². The zero-order valence-electron chi connectivity index (χ0n) is 10.5. The Balaban J connectivity index is 0.000000347. The Morgan fingerprint density at radius 1 is 1.15 bits per heavy atom. The highest BCUT2D eigenvalue weighted by Crippen LogP contribution is 2.41. The summed E-state index contributed by atoms with van der Waals surface area (Å²) in [6.45, 7) is 1.12. The van der Waals surface area contributed by atoms with E-state index in [0.717, 1.165) is 19.2 Å². The average molecular weight is 343 g/mol. The van der Waals surface area contributed by atoms with Crippen molar-refractivity contribution in [1.82, 2.24) is 0 Å². The van der Waals surface area contributed by atoms with Gasteiger partial charge in [0.2, 0.25) is 29.7 Å². The van der Waals surface area contributed by atoms with Crippen molar-refractivity contribution in [2.75, 3.05) is 6.26 Å². The first-order valence-electron chi connectivity index (χ1n) is 5.07. The first kappa shape index (κ1) is 17.0. The summed E-state index contributed by atoms with van der Waals surface area (Å²) in [7, 11) is -10.3. The second kappa shape index (κ2) is 5.07. The zero-order valence-corrected chi connectivity index (χ0v) is 13.0. The lowest BCUT2D eigenvalue weighted by molar-refractivity contribution is 0.268. The van der Waals surface area contributed by atoms with Crippen LogP contribution < -0.4 is 5.14 Å². The predicted molar refractivity (Wildman–Crippen MR) is 69.8 cm³/mol. The SMILES string of the molecule is CC(O)S(=O)(=O)c1ccc2c(c1)S2(=O)=O.CS(N)(=O)=O. The molecule has 1 heterocycles. The number of sulfonamides is 1. The lowest BCUT2D eigenvalue weighted by Gasteiger charge is -2.04. The zero-order chi connectivity index (χ0) is 15.9. The van der Waals surface area contributed by atoms with Crippen molar-refractivity contribution < 1.29 is 30.4 Å². The van der Waals surface area contributed by atoms with Crippen molar-refractivity contribution in [2.45, 2.75) is 27.0 Å². The van der Waals surface area contributed by atoms with E-state index in [2.05, 4.69) is 5.14 Å². The number of hydrogen-bond acceptors (Lipinski definition) is 7. The van der Waals surface area contributed by atoms with Crippen LogP contribution in [0, 0.1) is 0 Å². The summed E-state index contributed by atoms with van der Waals surface area (Å²) < 4.78 is 64.0. The van der Waals surface area contributed by atoms with Gasteiger partial charge in [0.05, 0.1) is 20.9 Å². The summed E-state index contributed by atoms with van der Waals surface area (Å²) in [6.07, 6.45) is 0.938. The molecule has 2 rings (SSSR count). The number of aliphatic hydroxyl groups is 1. The highest BCUT2D eigenvalue weighted by atomic mass is 32.2. The molecule has 0 amide bonds. The van der Waals surface area contributed by atoms with Crippen molar-refractivity contribution >= 4 is 29.7 Å². The average Bonchev–Trinajstić information content (AvgIpc) is 2.78. The number of fused-ring (bicyclic) bond motifs is 1. The van der Waals surface area contributed by atoms with Crippen LogP contribution in [0.15, 0.2) is 32.9 Å². The molecule has 1 aromatic carbocycles. The Hall–Kier alpha value is -1.01. The lowest BCUT2D eigenvalue weighted by atomic mass is 10.4. The normalized spacial score (nSPS) is 17.4. The number of primary sulfonamides is 1. The summed E-state index contributed by atoms with van der Waals surface area (Å²) in [5.41, 5.74) is -1.54. The standard InChI is InChI=1S/C8H8O5S2.CH5NO2S/c1-5(9)14(10,11)6-2-3-7-8(4-6)15(7,12)13;1-5(2,3)4/h2-5,9H,1H3;1H3,(H2,2,3,4). The van der Waals surface area contributed by atoms with Crippen LogP contribution in [-0.4, -0.2) is 42.1 Å². The van der Waals surface area contributed by atoms with Crippen molar-refractivity contribution in [3.8, 4) is 0 Å². The highest BCUT2D eigenvalue weighted by Gasteiger charge is 2.40. The van der Waals surface area contributed by atoms with E-state index in [1.165, 1.54) is 12.1 Å². The first-order valence-corrected chi connectivity index (χ1v) is 10.0. The molecule has 20 heavy (non-hydrogen) atoms. The van der Waals surface area contributed by atoms with Gasteiger partial charge in [-0.05, 0) is 25.1 Å². The Kier molecular flexibility index (Phi) is 4.32. The third-order valence-electron chi connectivity index (χ3n) is 2.23. The van der Waals surface area contributed by atoms with E-state index >= 15 is 0 Å². The Labute approximate surface area is 117 Å². The van der Waals surface area contributed by atoms with Gasteiger partial charge in [0.15, 0.2) is 5.44 Å². The van der Waals surface area contributed by atoms with Crippen LogP contribution in [0.4, 0.5) is 0 Å². The van der Waals surface area contributed by atoms with Gasteiger partial charge in [-0.3, -0.25) is 0 Å². The van der Waals surface area contributed by atoms with Crippen LogP contribution in [0.2, 0.25) is 0 Å².